The van der Waals surface area contributed by atoms with E-state index in [9.17, 15) is 19.8 Å². The zero-order chi connectivity index (χ0) is 31.6. The van der Waals surface area contributed by atoms with Crippen LogP contribution >= 0.6 is 0 Å². The van der Waals surface area contributed by atoms with Gasteiger partial charge in [0.15, 0.2) is 0 Å². The molecule has 0 fully saturated rings. The lowest BCUT2D eigenvalue weighted by Crippen LogP contribution is -2.15. The summed E-state index contributed by atoms with van der Waals surface area (Å²) in [5.74, 6) is -0.538. The minimum Gasteiger partial charge on any atom is -0.589 e. The molecule has 0 spiro atoms. The summed E-state index contributed by atoms with van der Waals surface area (Å²) in [5.41, 5.74) is 0. The second kappa shape index (κ2) is 36.3. The minimum atomic E-state index is -1.06. The van der Waals surface area contributed by atoms with Gasteiger partial charge in [-0.2, -0.15) is 0 Å². The Morgan fingerprint density at radius 2 is 0.909 bits per heavy atom. The molecule has 8 heteroatoms. The first-order chi connectivity index (χ1) is 21.0. The molecule has 2 atom stereocenters. The molecule has 0 bridgehead atoms. The molecule has 0 aliphatic rings. The Morgan fingerprint density at radius 1 is 0.545 bits per heavy atom. The number of rotatable bonds is 32. The SMILES string of the molecule is CCCCCC[C@@H](O)C/C=C\CCCCCCCC(=O)[O][Al][O]C(=O)CCCCCCC/C=C\C[C@H](O)CCCCCC.O. The number of aliphatic hydroxyl groups excluding tert-OH is 2. The highest BCUT2D eigenvalue weighted by atomic mass is 27.2. The van der Waals surface area contributed by atoms with Gasteiger partial charge in [0.25, 0.3) is 11.9 Å². The van der Waals surface area contributed by atoms with Crippen LogP contribution in [0, 0.1) is 0 Å². The van der Waals surface area contributed by atoms with E-state index in [-0.39, 0.29) is 29.6 Å². The van der Waals surface area contributed by atoms with Gasteiger partial charge in [0.05, 0.1) is 12.2 Å². The number of allylic oxidation sites excluding steroid dienone is 2. The van der Waals surface area contributed by atoms with Gasteiger partial charge in [0, 0.05) is 12.8 Å². The van der Waals surface area contributed by atoms with Gasteiger partial charge in [-0.1, -0.05) is 128 Å². The molecule has 0 saturated heterocycles. The van der Waals surface area contributed by atoms with Crippen molar-refractivity contribution in [2.75, 3.05) is 0 Å². The van der Waals surface area contributed by atoms with Gasteiger partial charge in [-0.3, -0.25) is 9.59 Å². The fourth-order valence-electron chi connectivity index (χ4n) is 4.96. The second-order valence-electron chi connectivity index (χ2n) is 12.1. The maximum absolute atomic E-state index is 11.9. The Balaban J connectivity index is 0. The molecule has 0 aromatic heterocycles. The van der Waals surface area contributed by atoms with Crippen LogP contribution in [0.1, 0.15) is 181 Å². The van der Waals surface area contributed by atoms with Crippen molar-refractivity contribution in [1.29, 1.82) is 0 Å². The lowest BCUT2D eigenvalue weighted by molar-refractivity contribution is -0.139. The summed E-state index contributed by atoms with van der Waals surface area (Å²) in [6.07, 6.45) is 34.4. The number of hydrogen-bond acceptors (Lipinski definition) is 6. The van der Waals surface area contributed by atoms with E-state index < -0.39 is 15.9 Å². The molecule has 44 heavy (non-hydrogen) atoms. The van der Waals surface area contributed by atoms with Gasteiger partial charge in [-0.25, -0.2) is 0 Å². The first-order valence-electron chi connectivity index (χ1n) is 17.9. The molecular formula is C36H68AlO7. The standard InChI is InChI=1S/2C18H34O3.Al.H2O/c2*1-2-3-4-11-14-17(19)15-12-9-7-5-6-8-10-13-16-18(20)21;;/h2*9,12,17,19H,2-8,10-11,13-16H2,1H3,(H,20,21);;1H2/q;;+2;/p-2/b2*12-9-;;/t2*17-;;/m11../s1. The summed E-state index contributed by atoms with van der Waals surface area (Å²) >= 11 is -1.06. The molecule has 1 radical (unpaired) electrons. The van der Waals surface area contributed by atoms with Crippen LogP contribution in [0.3, 0.4) is 0 Å². The average Bonchev–Trinajstić information content (AvgIpc) is 2.99. The lowest BCUT2D eigenvalue weighted by Gasteiger charge is -2.07. The summed E-state index contributed by atoms with van der Waals surface area (Å²) in [7, 11) is 0. The largest absolute Gasteiger partial charge is 0.885 e. The van der Waals surface area contributed by atoms with Gasteiger partial charge in [0.2, 0.25) is 0 Å². The highest BCUT2D eigenvalue weighted by Gasteiger charge is 2.13. The van der Waals surface area contributed by atoms with Gasteiger partial charge in [0.1, 0.15) is 0 Å². The lowest BCUT2D eigenvalue weighted by atomic mass is 10.1. The third-order valence-electron chi connectivity index (χ3n) is 7.79. The molecule has 7 nitrogen and oxygen atoms in total. The summed E-state index contributed by atoms with van der Waals surface area (Å²) in [5, 5.41) is 19.9. The van der Waals surface area contributed by atoms with E-state index in [4.69, 9.17) is 7.58 Å². The monoisotopic (exact) mass is 639 g/mol. The van der Waals surface area contributed by atoms with Crippen molar-refractivity contribution >= 4 is 27.8 Å². The minimum absolute atomic E-state index is 0. The second-order valence-corrected chi connectivity index (χ2v) is 12.8. The normalized spacial score (nSPS) is 12.7. The quantitative estimate of drug-likeness (QED) is 0.0431. The van der Waals surface area contributed by atoms with E-state index in [0.717, 1.165) is 116 Å². The Bertz CT molecular complexity index is 627. The number of unbranched alkanes of at least 4 members (excludes halogenated alkanes) is 16. The molecule has 0 unspecified atom stereocenters. The summed E-state index contributed by atoms with van der Waals surface area (Å²) in [6.45, 7) is 4.40. The van der Waals surface area contributed by atoms with Gasteiger partial charge in [-0.05, 0) is 64.2 Å². The van der Waals surface area contributed by atoms with Crippen LogP contribution in [-0.2, 0) is 17.2 Å². The Hall–Kier alpha value is -1.17. The molecule has 0 aromatic carbocycles. The van der Waals surface area contributed by atoms with Crippen LogP contribution in [0.15, 0.2) is 24.3 Å². The number of carbonyl (C=O) groups is 2. The molecule has 257 valence electrons. The number of aliphatic hydroxyl groups is 2. The molecule has 0 saturated carbocycles. The van der Waals surface area contributed by atoms with Crippen molar-refractivity contribution in [3.05, 3.63) is 24.3 Å². The number of carbonyl (C=O) groups excluding carboxylic acids is 2. The summed E-state index contributed by atoms with van der Waals surface area (Å²) in [6, 6.07) is 0. The third kappa shape index (κ3) is 35.3. The van der Waals surface area contributed by atoms with Gasteiger partial charge in [-0.15, -0.1) is 0 Å². The van der Waals surface area contributed by atoms with Gasteiger partial charge < -0.3 is 23.3 Å². The highest BCUT2D eigenvalue weighted by molar-refractivity contribution is 6.25. The van der Waals surface area contributed by atoms with Crippen LogP contribution in [0.2, 0.25) is 0 Å². The van der Waals surface area contributed by atoms with Crippen molar-refractivity contribution < 1.29 is 32.9 Å². The van der Waals surface area contributed by atoms with Crippen molar-refractivity contribution in [3.63, 3.8) is 0 Å². The van der Waals surface area contributed by atoms with E-state index in [1.807, 2.05) is 0 Å². The molecule has 4 N–H and O–H groups in total. The van der Waals surface area contributed by atoms with Crippen LogP contribution in [0.25, 0.3) is 0 Å². The molecule has 0 rings (SSSR count). The predicted molar refractivity (Wildman–Crippen MR) is 183 cm³/mol. The zero-order valence-electron chi connectivity index (χ0n) is 28.5. The number of hydrogen-bond donors (Lipinski definition) is 2. The fourth-order valence-corrected chi connectivity index (χ4v) is 5.46. The van der Waals surface area contributed by atoms with E-state index in [0.29, 0.717) is 12.8 Å². The maximum Gasteiger partial charge on any atom is 0.885 e. The van der Waals surface area contributed by atoms with E-state index in [1.54, 1.807) is 0 Å². The fraction of sp³-hybridized carbons (Fsp3) is 0.833. The van der Waals surface area contributed by atoms with E-state index in [1.165, 1.54) is 38.5 Å². The Labute approximate surface area is 277 Å². The van der Waals surface area contributed by atoms with E-state index in [2.05, 4.69) is 38.2 Å². The zero-order valence-corrected chi connectivity index (χ0v) is 29.6. The van der Waals surface area contributed by atoms with Crippen LogP contribution in [0.5, 0.6) is 0 Å². The average molecular weight is 640 g/mol. The van der Waals surface area contributed by atoms with Crippen LogP contribution in [-0.4, -0.2) is 55.7 Å². The Kier molecular flexibility index (Phi) is 37.1. The molecule has 0 aliphatic carbocycles. The molecule has 0 amide bonds. The molecule has 0 aromatic rings. The molecular weight excluding hydrogens is 571 g/mol. The van der Waals surface area contributed by atoms with Crippen molar-refractivity contribution in [2.45, 2.75) is 193 Å². The summed E-state index contributed by atoms with van der Waals surface area (Å²) in [4.78, 5) is 23.7. The van der Waals surface area contributed by atoms with Gasteiger partial charge >= 0.3 is 15.9 Å². The van der Waals surface area contributed by atoms with Crippen molar-refractivity contribution in [1.82, 2.24) is 0 Å². The van der Waals surface area contributed by atoms with E-state index >= 15 is 0 Å². The Morgan fingerprint density at radius 3 is 1.32 bits per heavy atom. The first-order valence-corrected chi connectivity index (χ1v) is 18.8. The highest BCUT2D eigenvalue weighted by Crippen LogP contribution is 2.12. The van der Waals surface area contributed by atoms with Crippen molar-refractivity contribution in [2.24, 2.45) is 0 Å². The van der Waals surface area contributed by atoms with Crippen LogP contribution in [0.4, 0.5) is 0 Å². The first kappa shape index (κ1) is 45.0. The topological polar surface area (TPSA) is 125 Å². The molecule has 0 heterocycles. The predicted octanol–water partition coefficient (Wildman–Crippen LogP) is 8.80. The summed E-state index contributed by atoms with van der Waals surface area (Å²) < 4.78 is 10.3. The van der Waals surface area contributed by atoms with Crippen LogP contribution < -0.4 is 0 Å². The maximum atomic E-state index is 11.9. The van der Waals surface area contributed by atoms with Crippen molar-refractivity contribution in [3.8, 4) is 0 Å². The third-order valence-corrected chi connectivity index (χ3v) is 8.51. The smallest absolute Gasteiger partial charge is 0.589 e. The molecule has 0 aliphatic heterocycles.